The van der Waals surface area contributed by atoms with E-state index < -0.39 is 0 Å². The van der Waals surface area contributed by atoms with Gasteiger partial charge in [-0.25, -0.2) is 9.97 Å². The van der Waals surface area contributed by atoms with Crippen molar-refractivity contribution in [1.29, 1.82) is 0 Å². The third-order valence-electron chi connectivity index (χ3n) is 4.99. The van der Waals surface area contributed by atoms with Crippen molar-refractivity contribution in [1.82, 2.24) is 15.3 Å². The van der Waals surface area contributed by atoms with Gasteiger partial charge >= 0.3 is 0 Å². The molecule has 4 heterocycles. The SMILES string of the molecule is CC1NCCC1c1cc2c(-c3nc4cc(N)ccc4s3)ccnc2s1. The van der Waals surface area contributed by atoms with E-state index in [0.29, 0.717) is 12.0 Å². The topological polar surface area (TPSA) is 63.8 Å². The molecule has 0 aliphatic carbocycles. The quantitative estimate of drug-likeness (QED) is 0.508. The van der Waals surface area contributed by atoms with E-state index in [4.69, 9.17) is 10.7 Å². The Labute approximate surface area is 153 Å². The molecular weight excluding hydrogens is 348 g/mol. The van der Waals surface area contributed by atoms with Gasteiger partial charge < -0.3 is 11.1 Å². The zero-order valence-corrected chi connectivity index (χ0v) is 15.5. The molecule has 25 heavy (non-hydrogen) atoms. The molecule has 0 amide bonds. The van der Waals surface area contributed by atoms with Gasteiger partial charge in [0.15, 0.2) is 0 Å². The highest BCUT2D eigenvalue weighted by Gasteiger charge is 2.26. The van der Waals surface area contributed by atoms with Gasteiger partial charge in [-0.15, -0.1) is 22.7 Å². The Bertz CT molecular complexity index is 1080. The van der Waals surface area contributed by atoms with E-state index in [0.717, 1.165) is 27.6 Å². The predicted octanol–water partition coefficient (Wildman–Crippen LogP) is 4.62. The number of nitrogens with zero attached hydrogens (tertiary/aromatic N) is 2. The zero-order valence-electron chi connectivity index (χ0n) is 13.8. The molecule has 1 aliphatic heterocycles. The molecule has 3 aromatic heterocycles. The van der Waals surface area contributed by atoms with E-state index in [9.17, 15) is 0 Å². The number of nitrogens with one attached hydrogen (secondary N) is 1. The first-order valence-corrected chi connectivity index (χ1v) is 10.1. The van der Waals surface area contributed by atoms with Crippen LogP contribution >= 0.6 is 22.7 Å². The third kappa shape index (κ3) is 2.52. The Kier molecular flexibility index (Phi) is 3.51. The van der Waals surface area contributed by atoms with Crippen LogP contribution in [0.1, 0.15) is 24.1 Å². The van der Waals surface area contributed by atoms with Crippen LogP contribution in [0.15, 0.2) is 36.5 Å². The van der Waals surface area contributed by atoms with Crippen LogP contribution in [0.5, 0.6) is 0 Å². The molecule has 0 bridgehead atoms. The first-order chi connectivity index (χ1) is 12.2. The van der Waals surface area contributed by atoms with E-state index in [1.54, 1.807) is 11.3 Å². The molecule has 3 N–H and O–H groups in total. The fraction of sp³-hybridized carbons (Fsp3) is 0.263. The maximum Gasteiger partial charge on any atom is 0.125 e. The summed E-state index contributed by atoms with van der Waals surface area (Å²) in [5.74, 6) is 0.585. The number of pyridine rings is 1. The Morgan fingerprint density at radius 1 is 1.20 bits per heavy atom. The van der Waals surface area contributed by atoms with E-state index in [-0.39, 0.29) is 0 Å². The molecule has 2 unspecified atom stereocenters. The molecule has 1 fully saturated rings. The van der Waals surface area contributed by atoms with Crippen molar-refractivity contribution in [2.45, 2.75) is 25.3 Å². The highest BCUT2D eigenvalue weighted by atomic mass is 32.1. The van der Waals surface area contributed by atoms with Gasteiger partial charge in [0.2, 0.25) is 0 Å². The first kappa shape index (κ1) is 15.3. The molecule has 4 nitrogen and oxygen atoms in total. The average molecular weight is 367 g/mol. The molecule has 0 radical (unpaired) electrons. The minimum atomic E-state index is 0.530. The molecular formula is C19H18N4S2. The second kappa shape index (κ2) is 5.76. The number of hydrogen-bond acceptors (Lipinski definition) is 6. The number of fused-ring (bicyclic) bond motifs is 2. The number of anilines is 1. The number of nitrogens with two attached hydrogens (primary N) is 1. The van der Waals surface area contributed by atoms with Crippen LogP contribution in [0, 0.1) is 0 Å². The van der Waals surface area contributed by atoms with Gasteiger partial charge in [0.25, 0.3) is 0 Å². The van der Waals surface area contributed by atoms with E-state index >= 15 is 0 Å². The van der Waals surface area contributed by atoms with Crippen molar-refractivity contribution in [3.05, 3.63) is 41.4 Å². The molecule has 126 valence electrons. The van der Waals surface area contributed by atoms with Crippen molar-refractivity contribution in [3.63, 3.8) is 0 Å². The highest BCUT2D eigenvalue weighted by molar-refractivity contribution is 7.22. The van der Waals surface area contributed by atoms with Crippen molar-refractivity contribution < 1.29 is 0 Å². The second-order valence-corrected chi connectivity index (χ2v) is 8.70. The molecule has 5 rings (SSSR count). The molecule has 0 spiro atoms. The van der Waals surface area contributed by atoms with Crippen LogP contribution in [-0.2, 0) is 0 Å². The lowest BCUT2D eigenvalue weighted by Gasteiger charge is -2.12. The van der Waals surface area contributed by atoms with Gasteiger partial charge in [-0.2, -0.15) is 0 Å². The van der Waals surface area contributed by atoms with E-state index in [1.165, 1.54) is 26.9 Å². The fourth-order valence-electron chi connectivity index (χ4n) is 3.63. The van der Waals surface area contributed by atoms with Crippen molar-refractivity contribution in [2.24, 2.45) is 0 Å². The van der Waals surface area contributed by atoms with Crippen LogP contribution in [0.25, 0.3) is 31.0 Å². The number of rotatable bonds is 2. The van der Waals surface area contributed by atoms with Crippen molar-refractivity contribution in [3.8, 4) is 10.6 Å². The van der Waals surface area contributed by atoms with Crippen molar-refractivity contribution in [2.75, 3.05) is 12.3 Å². The van der Waals surface area contributed by atoms with Gasteiger partial charge in [0.05, 0.1) is 10.2 Å². The Morgan fingerprint density at radius 3 is 2.96 bits per heavy atom. The summed E-state index contributed by atoms with van der Waals surface area (Å²) in [5.41, 5.74) is 8.79. The lowest BCUT2D eigenvalue weighted by atomic mass is 9.99. The van der Waals surface area contributed by atoms with Crippen LogP contribution < -0.4 is 11.1 Å². The van der Waals surface area contributed by atoms with Gasteiger partial charge in [-0.1, -0.05) is 0 Å². The minimum Gasteiger partial charge on any atom is -0.399 e. The standard InChI is InChI=1S/C19H18N4S2/c1-10-12(4-6-21-10)17-9-14-13(5-7-22-18(14)25-17)19-23-15-8-11(20)2-3-16(15)24-19/h2-3,5,7-10,12,21H,4,6,20H2,1H3. The highest BCUT2D eigenvalue weighted by Crippen LogP contribution is 2.40. The lowest BCUT2D eigenvalue weighted by molar-refractivity contribution is 0.602. The number of aromatic nitrogens is 2. The summed E-state index contributed by atoms with van der Waals surface area (Å²) in [5, 5.41) is 5.80. The zero-order chi connectivity index (χ0) is 17.0. The van der Waals surface area contributed by atoms with Crippen LogP contribution in [0.4, 0.5) is 5.69 Å². The van der Waals surface area contributed by atoms with Gasteiger partial charge in [-0.3, -0.25) is 0 Å². The average Bonchev–Trinajstić information content (AvgIpc) is 3.30. The normalized spacial score (nSPS) is 20.7. The second-order valence-electron chi connectivity index (χ2n) is 6.61. The fourth-order valence-corrected chi connectivity index (χ4v) is 5.89. The molecule has 1 aliphatic rings. The van der Waals surface area contributed by atoms with Crippen LogP contribution in [0.2, 0.25) is 0 Å². The number of nitrogen functional groups attached to an aromatic ring is 1. The Morgan fingerprint density at radius 2 is 2.12 bits per heavy atom. The number of thiazole rings is 1. The third-order valence-corrected chi connectivity index (χ3v) is 7.23. The first-order valence-electron chi connectivity index (χ1n) is 8.47. The maximum absolute atomic E-state index is 5.90. The molecule has 0 saturated carbocycles. The minimum absolute atomic E-state index is 0.530. The van der Waals surface area contributed by atoms with Gasteiger partial charge in [0, 0.05) is 39.7 Å². The molecule has 6 heteroatoms. The molecule has 2 atom stereocenters. The maximum atomic E-state index is 5.90. The predicted molar refractivity (Wildman–Crippen MR) is 107 cm³/mol. The summed E-state index contributed by atoms with van der Waals surface area (Å²) in [4.78, 5) is 12.0. The summed E-state index contributed by atoms with van der Waals surface area (Å²) in [7, 11) is 0. The Hall–Kier alpha value is -2.02. The molecule has 1 saturated heterocycles. The smallest absolute Gasteiger partial charge is 0.125 e. The van der Waals surface area contributed by atoms with E-state index in [1.807, 2.05) is 29.7 Å². The summed E-state index contributed by atoms with van der Waals surface area (Å²) in [6.45, 7) is 3.37. The molecule has 4 aromatic rings. The summed E-state index contributed by atoms with van der Waals surface area (Å²) in [6.07, 6.45) is 3.10. The largest absolute Gasteiger partial charge is 0.399 e. The lowest BCUT2D eigenvalue weighted by Crippen LogP contribution is -2.20. The number of benzene rings is 1. The summed E-state index contributed by atoms with van der Waals surface area (Å²) in [6, 6.07) is 10.9. The van der Waals surface area contributed by atoms with Crippen LogP contribution in [-0.4, -0.2) is 22.6 Å². The number of thiophene rings is 1. The Balaban J connectivity index is 1.66. The summed E-state index contributed by atoms with van der Waals surface area (Å²) >= 11 is 3.54. The number of hydrogen-bond donors (Lipinski definition) is 2. The van der Waals surface area contributed by atoms with Crippen molar-refractivity contribution >= 4 is 48.8 Å². The monoisotopic (exact) mass is 366 g/mol. The summed E-state index contributed by atoms with van der Waals surface area (Å²) < 4.78 is 1.17. The van der Waals surface area contributed by atoms with Gasteiger partial charge in [-0.05, 0) is 50.2 Å². The van der Waals surface area contributed by atoms with Crippen LogP contribution in [0.3, 0.4) is 0 Å². The van der Waals surface area contributed by atoms with Gasteiger partial charge in [0.1, 0.15) is 9.84 Å². The van der Waals surface area contributed by atoms with E-state index in [2.05, 4.69) is 35.4 Å². The molecule has 1 aromatic carbocycles.